The third kappa shape index (κ3) is 4.83. The van der Waals surface area contributed by atoms with Gasteiger partial charge >= 0.3 is 0 Å². The highest BCUT2D eigenvalue weighted by molar-refractivity contribution is 7.09. The number of nitrogens with zero attached hydrogens (tertiary/aromatic N) is 2. The molecule has 21 heavy (non-hydrogen) atoms. The van der Waals surface area contributed by atoms with Crippen molar-refractivity contribution in [3.63, 3.8) is 0 Å². The van der Waals surface area contributed by atoms with Crippen LogP contribution in [0.3, 0.4) is 0 Å². The lowest BCUT2D eigenvalue weighted by molar-refractivity contribution is 0.673. The van der Waals surface area contributed by atoms with Crippen molar-refractivity contribution >= 4 is 17.2 Å². The molecule has 0 radical (unpaired) electrons. The molecule has 2 heterocycles. The second-order valence-corrected chi connectivity index (χ2v) is 6.44. The molecule has 3 nitrogen and oxygen atoms in total. The van der Waals surface area contributed by atoms with E-state index in [0.29, 0.717) is 0 Å². The molecule has 0 saturated carbocycles. The highest BCUT2D eigenvalue weighted by Crippen LogP contribution is 2.18. The van der Waals surface area contributed by atoms with Crippen LogP contribution in [-0.2, 0) is 13.0 Å². The van der Waals surface area contributed by atoms with Crippen molar-refractivity contribution in [2.75, 3.05) is 25.0 Å². The molecule has 0 amide bonds. The molecule has 0 bridgehead atoms. The molecule has 4 heteroatoms. The summed E-state index contributed by atoms with van der Waals surface area (Å²) in [6.45, 7) is 7.29. The number of thiophene rings is 1. The van der Waals surface area contributed by atoms with E-state index in [1.165, 1.54) is 16.0 Å². The molecule has 114 valence electrons. The first-order chi connectivity index (χ1) is 10.2. The second-order valence-electron chi connectivity index (χ2n) is 5.41. The number of aromatic nitrogens is 1. The van der Waals surface area contributed by atoms with Crippen LogP contribution in [0.15, 0.2) is 29.8 Å². The van der Waals surface area contributed by atoms with Crippen molar-refractivity contribution in [2.45, 2.75) is 33.2 Å². The van der Waals surface area contributed by atoms with Gasteiger partial charge in [-0.3, -0.25) is 0 Å². The van der Waals surface area contributed by atoms with Crippen molar-refractivity contribution < 1.29 is 0 Å². The third-order valence-electron chi connectivity index (χ3n) is 3.50. The molecule has 2 aromatic rings. The van der Waals surface area contributed by atoms with Crippen molar-refractivity contribution in [3.05, 3.63) is 45.8 Å². The van der Waals surface area contributed by atoms with Gasteiger partial charge in [0.05, 0.1) is 0 Å². The first-order valence-electron chi connectivity index (χ1n) is 7.60. The minimum Gasteiger partial charge on any atom is -0.359 e. The van der Waals surface area contributed by atoms with E-state index in [1.807, 2.05) is 17.5 Å². The summed E-state index contributed by atoms with van der Waals surface area (Å²) in [5, 5.41) is 5.55. The first kappa shape index (κ1) is 16.0. The Morgan fingerprint density at radius 1 is 1.38 bits per heavy atom. The minimum atomic E-state index is 0.904. The fourth-order valence-corrected chi connectivity index (χ4v) is 3.07. The third-order valence-corrected chi connectivity index (χ3v) is 4.43. The Hall–Kier alpha value is -1.39. The Kier molecular flexibility index (Phi) is 6.21. The molecule has 0 aliphatic heterocycles. The SMILES string of the molecule is CCCNCc1cnc(N(C)CCc2cccs2)c(C)c1. The molecular formula is C17H25N3S. The lowest BCUT2D eigenvalue weighted by atomic mass is 10.2. The Morgan fingerprint density at radius 2 is 2.24 bits per heavy atom. The summed E-state index contributed by atoms with van der Waals surface area (Å²) >= 11 is 1.82. The van der Waals surface area contributed by atoms with Gasteiger partial charge < -0.3 is 10.2 Å². The van der Waals surface area contributed by atoms with E-state index >= 15 is 0 Å². The molecule has 0 fully saturated rings. The molecule has 0 atom stereocenters. The summed E-state index contributed by atoms with van der Waals surface area (Å²) in [5.74, 6) is 1.09. The van der Waals surface area contributed by atoms with Crippen LogP contribution in [0.2, 0.25) is 0 Å². The predicted octanol–water partition coefficient (Wildman–Crippen LogP) is 3.63. The van der Waals surface area contributed by atoms with E-state index < -0.39 is 0 Å². The second kappa shape index (κ2) is 8.15. The Morgan fingerprint density at radius 3 is 2.90 bits per heavy atom. The molecule has 0 spiro atoms. The van der Waals surface area contributed by atoms with Gasteiger partial charge in [0.25, 0.3) is 0 Å². The standard InChI is InChI=1S/C17H25N3S/c1-4-8-18-12-15-11-14(2)17(19-13-15)20(3)9-7-16-6-5-10-21-16/h5-6,10-11,13,18H,4,7-9,12H2,1-3H3. The number of likely N-dealkylation sites (N-methyl/N-ethyl adjacent to an activating group) is 1. The molecular weight excluding hydrogens is 278 g/mol. The van der Waals surface area contributed by atoms with Gasteiger partial charge in [0.1, 0.15) is 5.82 Å². The topological polar surface area (TPSA) is 28.2 Å². The van der Waals surface area contributed by atoms with E-state index in [4.69, 9.17) is 0 Å². The maximum Gasteiger partial charge on any atom is 0.131 e. The van der Waals surface area contributed by atoms with Gasteiger partial charge in [0, 0.05) is 31.2 Å². The maximum atomic E-state index is 4.65. The van der Waals surface area contributed by atoms with Gasteiger partial charge in [0.15, 0.2) is 0 Å². The summed E-state index contributed by atoms with van der Waals surface area (Å²) in [4.78, 5) is 8.32. The van der Waals surface area contributed by atoms with Crippen molar-refractivity contribution in [2.24, 2.45) is 0 Å². The van der Waals surface area contributed by atoms with Gasteiger partial charge in [-0.1, -0.05) is 13.0 Å². The largest absolute Gasteiger partial charge is 0.359 e. The fourth-order valence-electron chi connectivity index (χ4n) is 2.37. The Bertz CT molecular complexity index is 537. The zero-order valence-electron chi connectivity index (χ0n) is 13.2. The molecule has 0 aliphatic rings. The summed E-state index contributed by atoms with van der Waals surface area (Å²) in [7, 11) is 2.12. The summed E-state index contributed by atoms with van der Waals surface area (Å²) in [6, 6.07) is 6.55. The van der Waals surface area contributed by atoms with Crippen LogP contribution in [0.1, 0.15) is 29.3 Å². The number of pyridine rings is 1. The molecule has 1 N–H and O–H groups in total. The van der Waals surface area contributed by atoms with E-state index in [-0.39, 0.29) is 0 Å². The van der Waals surface area contributed by atoms with Gasteiger partial charge in [-0.15, -0.1) is 11.3 Å². The van der Waals surface area contributed by atoms with Crippen molar-refractivity contribution in [3.8, 4) is 0 Å². The maximum absolute atomic E-state index is 4.65. The molecule has 2 aromatic heterocycles. The van der Waals surface area contributed by atoms with Gasteiger partial charge in [-0.2, -0.15) is 0 Å². The van der Waals surface area contributed by atoms with E-state index in [1.54, 1.807) is 0 Å². The summed E-state index contributed by atoms with van der Waals surface area (Å²) in [5.41, 5.74) is 2.51. The predicted molar refractivity (Wildman–Crippen MR) is 92.3 cm³/mol. The average molecular weight is 303 g/mol. The van der Waals surface area contributed by atoms with E-state index in [2.05, 4.69) is 59.7 Å². The molecule has 2 rings (SSSR count). The molecule has 0 aromatic carbocycles. The Balaban J connectivity index is 1.92. The molecule has 0 unspecified atom stereocenters. The molecule has 0 aliphatic carbocycles. The average Bonchev–Trinajstić information content (AvgIpc) is 2.98. The van der Waals surface area contributed by atoms with Gasteiger partial charge in [-0.25, -0.2) is 4.98 Å². The Labute approximate surface area is 132 Å². The van der Waals surface area contributed by atoms with Crippen LogP contribution < -0.4 is 10.2 Å². The van der Waals surface area contributed by atoms with Crippen LogP contribution in [0.5, 0.6) is 0 Å². The van der Waals surface area contributed by atoms with Crippen molar-refractivity contribution in [1.82, 2.24) is 10.3 Å². The van der Waals surface area contributed by atoms with Crippen LogP contribution in [0, 0.1) is 6.92 Å². The van der Waals surface area contributed by atoms with Crippen molar-refractivity contribution in [1.29, 1.82) is 0 Å². The lowest BCUT2D eigenvalue weighted by Crippen LogP contribution is -2.22. The van der Waals surface area contributed by atoms with Gasteiger partial charge in [0.2, 0.25) is 0 Å². The smallest absolute Gasteiger partial charge is 0.131 e. The highest BCUT2D eigenvalue weighted by atomic mass is 32.1. The lowest BCUT2D eigenvalue weighted by Gasteiger charge is -2.20. The van der Waals surface area contributed by atoms with E-state index in [9.17, 15) is 0 Å². The first-order valence-corrected chi connectivity index (χ1v) is 8.48. The normalized spacial score (nSPS) is 10.8. The minimum absolute atomic E-state index is 0.904. The number of nitrogens with one attached hydrogen (secondary N) is 1. The monoisotopic (exact) mass is 303 g/mol. The van der Waals surface area contributed by atoms with E-state index in [0.717, 1.165) is 38.3 Å². The summed E-state index contributed by atoms with van der Waals surface area (Å²) in [6.07, 6.45) is 4.23. The summed E-state index contributed by atoms with van der Waals surface area (Å²) < 4.78 is 0. The van der Waals surface area contributed by atoms with Crippen LogP contribution in [-0.4, -0.2) is 25.1 Å². The van der Waals surface area contributed by atoms with Crippen LogP contribution in [0.4, 0.5) is 5.82 Å². The number of anilines is 1. The highest BCUT2D eigenvalue weighted by Gasteiger charge is 2.07. The zero-order valence-corrected chi connectivity index (χ0v) is 14.0. The number of hydrogen-bond donors (Lipinski definition) is 1. The van der Waals surface area contributed by atoms with Gasteiger partial charge in [-0.05, 0) is 54.9 Å². The molecule has 0 saturated heterocycles. The quantitative estimate of drug-likeness (QED) is 0.755. The number of aryl methyl sites for hydroxylation is 1. The van der Waals surface area contributed by atoms with Crippen LogP contribution in [0.25, 0.3) is 0 Å². The fraction of sp³-hybridized carbons (Fsp3) is 0.471. The van der Waals surface area contributed by atoms with Crippen LogP contribution >= 0.6 is 11.3 Å². The zero-order chi connectivity index (χ0) is 15.1. The number of hydrogen-bond acceptors (Lipinski definition) is 4. The number of rotatable bonds is 8.